The molecule has 0 amide bonds. The molecule has 0 radical (unpaired) electrons. The smallest absolute Gasteiger partial charge is 0.387 e. The molecule has 3 atom stereocenters. The standard InChI is InChI=1S/C16H22F3NO/c1-11-5-4-8-20(12(11)2)10-15(21)13-6-3-7-14(9-13)16(17,18)19/h3,6-7,9,11-12,15,21H,4-5,8,10H2,1-2H3. The zero-order valence-corrected chi connectivity index (χ0v) is 12.4. The number of hydrogen-bond donors (Lipinski definition) is 1. The maximum absolute atomic E-state index is 12.7. The van der Waals surface area contributed by atoms with E-state index < -0.39 is 17.8 Å². The summed E-state index contributed by atoms with van der Waals surface area (Å²) in [4.78, 5) is 2.17. The molecule has 5 heteroatoms. The van der Waals surface area contributed by atoms with E-state index in [0.717, 1.165) is 31.5 Å². The number of rotatable bonds is 3. The van der Waals surface area contributed by atoms with Crippen molar-refractivity contribution in [2.75, 3.05) is 13.1 Å². The fourth-order valence-electron chi connectivity index (χ4n) is 2.93. The van der Waals surface area contributed by atoms with Crippen LogP contribution in [-0.4, -0.2) is 29.1 Å². The second kappa shape index (κ2) is 6.36. The molecule has 2 rings (SSSR count). The highest BCUT2D eigenvalue weighted by atomic mass is 19.4. The molecule has 3 unspecified atom stereocenters. The fourth-order valence-corrected chi connectivity index (χ4v) is 2.93. The first-order valence-corrected chi connectivity index (χ1v) is 7.38. The van der Waals surface area contributed by atoms with Crippen molar-refractivity contribution in [1.29, 1.82) is 0 Å². The molecule has 0 spiro atoms. The summed E-state index contributed by atoms with van der Waals surface area (Å²) in [7, 11) is 0. The molecule has 2 nitrogen and oxygen atoms in total. The largest absolute Gasteiger partial charge is 0.416 e. The Labute approximate surface area is 123 Å². The fraction of sp³-hybridized carbons (Fsp3) is 0.625. The molecule has 0 saturated carbocycles. The van der Waals surface area contributed by atoms with Crippen LogP contribution in [0.3, 0.4) is 0 Å². The average Bonchev–Trinajstić information content (AvgIpc) is 2.43. The first-order valence-electron chi connectivity index (χ1n) is 7.38. The van der Waals surface area contributed by atoms with E-state index in [4.69, 9.17) is 0 Å². The molecule has 1 saturated heterocycles. The summed E-state index contributed by atoms with van der Waals surface area (Å²) >= 11 is 0. The normalized spacial score (nSPS) is 25.8. The minimum Gasteiger partial charge on any atom is -0.387 e. The molecule has 1 heterocycles. The van der Waals surface area contributed by atoms with Crippen molar-refractivity contribution in [3.8, 4) is 0 Å². The molecule has 118 valence electrons. The zero-order valence-electron chi connectivity index (χ0n) is 12.4. The van der Waals surface area contributed by atoms with Crippen LogP contribution in [0.5, 0.6) is 0 Å². The van der Waals surface area contributed by atoms with Crippen LogP contribution in [0.2, 0.25) is 0 Å². The van der Waals surface area contributed by atoms with Crippen molar-refractivity contribution >= 4 is 0 Å². The number of hydrogen-bond acceptors (Lipinski definition) is 2. The maximum atomic E-state index is 12.7. The van der Waals surface area contributed by atoms with Gasteiger partial charge in [-0.2, -0.15) is 13.2 Å². The Balaban J connectivity index is 2.08. The van der Waals surface area contributed by atoms with E-state index in [-0.39, 0.29) is 0 Å². The molecule has 1 aromatic rings. The van der Waals surface area contributed by atoms with Crippen molar-refractivity contribution in [3.05, 3.63) is 35.4 Å². The quantitative estimate of drug-likeness (QED) is 0.916. The monoisotopic (exact) mass is 301 g/mol. The minimum atomic E-state index is -4.37. The van der Waals surface area contributed by atoms with Crippen molar-refractivity contribution in [3.63, 3.8) is 0 Å². The van der Waals surface area contributed by atoms with Crippen LogP contribution in [0.1, 0.15) is 43.9 Å². The maximum Gasteiger partial charge on any atom is 0.416 e. The number of β-amino-alcohol motifs (C(OH)–C–C–N with tert-alkyl or cyclic N) is 1. The van der Waals surface area contributed by atoms with Gasteiger partial charge in [0.25, 0.3) is 0 Å². The highest BCUT2D eigenvalue weighted by Gasteiger charge is 2.31. The van der Waals surface area contributed by atoms with Gasteiger partial charge in [-0.25, -0.2) is 0 Å². The molecule has 1 aromatic carbocycles. The Morgan fingerprint density at radius 3 is 2.71 bits per heavy atom. The Kier molecular flexibility index (Phi) is 4.94. The van der Waals surface area contributed by atoms with Gasteiger partial charge >= 0.3 is 6.18 Å². The zero-order chi connectivity index (χ0) is 15.6. The van der Waals surface area contributed by atoms with Crippen LogP contribution >= 0.6 is 0 Å². The van der Waals surface area contributed by atoms with Gasteiger partial charge in [0.2, 0.25) is 0 Å². The number of halogens is 3. The first kappa shape index (κ1) is 16.3. The van der Waals surface area contributed by atoms with Gasteiger partial charge in [0.15, 0.2) is 0 Å². The lowest BCUT2D eigenvalue weighted by Crippen LogP contribution is -2.44. The number of alkyl halides is 3. The Hall–Kier alpha value is -1.07. The van der Waals surface area contributed by atoms with Gasteiger partial charge in [0.1, 0.15) is 0 Å². The van der Waals surface area contributed by atoms with Gasteiger partial charge in [-0.1, -0.05) is 19.1 Å². The molecule has 1 aliphatic heterocycles. The topological polar surface area (TPSA) is 23.5 Å². The Morgan fingerprint density at radius 1 is 1.33 bits per heavy atom. The number of aliphatic hydroxyl groups excluding tert-OH is 1. The van der Waals surface area contributed by atoms with E-state index in [2.05, 4.69) is 18.7 Å². The highest BCUT2D eigenvalue weighted by molar-refractivity contribution is 5.27. The summed E-state index contributed by atoms with van der Waals surface area (Å²) in [6, 6.07) is 5.32. The van der Waals surface area contributed by atoms with Crippen LogP contribution in [0, 0.1) is 5.92 Å². The van der Waals surface area contributed by atoms with E-state index in [0.29, 0.717) is 24.1 Å². The third-order valence-corrected chi connectivity index (χ3v) is 4.51. The van der Waals surface area contributed by atoms with Gasteiger partial charge in [-0.15, -0.1) is 0 Å². The van der Waals surface area contributed by atoms with Crippen molar-refractivity contribution in [2.45, 2.75) is 45.0 Å². The number of likely N-dealkylation sites (tertiary alicyclic amines) is 1. The molecule has 21 heavy (non-hydrogen) atoms. The lowest BCUT2D eigenvalue weighted by atomic mass is 9.91. The van der Waals surface area contributed by atoms with Gasteiger partial charge < -0.3 is 5.11 Å². The van der Waals surface area contributed by atoms with Crippen LogP contribution in [0.25, 0.3) is 0 Å². The van der Waals surface area contributed by atoms with Gasteiger partial charge in [-0.3, -0.25) is 4.90 Å². The average molecular weight is 301 g/mol. The van der Waals surface area contributed by atoms with Gasteiger partial charge in [0, 0.05) is 12.6 Å². The third-order valence-electron chi connectivity index (χ3n) is 4.51. The summed E-state index contributed by atoms with van der Waals surface area (Å²) < 4.78 is 38.1. The van der Waals surface area contributed by atoms with Crippen LogP contribution in [-0.2, 0) is 6.18 Å². The van der Waals surface area contributed by atoms with E-state index in [1.165, 1.54) is 6.07 Å². The predicted octanol–water partition coefficient (Wildman–Crippen LogP) is 3.86. The molecular weight excluding hydrogens is 279 g/mol. The molecule has 1 aliphatic rings. The number of aliphatic hydroxyl groups is 1. The summed E-state index contributed by atoms with van der Waals surface area (Å²) in [6.07, 6.45) is -3.03. The molecule has 1 N–H and O–H groups in total. The lowest BCUT2D eigenvalue weighted by molar-refractivity contribution is -0.137. The second-order valence-electron chi connectivity index (χ2n) is 5.99. The van der Waals surface area contributed by atoms with Crippen LogP contribution in [0.15, 0.2) is 24.3 Å². The van der Waals surface area contributed by atoms with E-state index in [1.807, 2.05) is 0 Å². The minimum absolute atomic E-state index is 0.329. The first-order chi connectivity index (χ1) is 9.79. The number of piperidine rings is 1. The molecule has 0 bridgehead atoms. The Bertz CT molecular complexity index is 475. The molecule has 1 fully saturated rings. The van der Waals surface area contributed by atoms with Crippen molar-refractivity contribution in [1.82, 2.24) is 4.90 Å². The van der Waals surface area contributed by atoms with Crippen molar-refractivity contribution < 1.29 is 18.3 Å². The van der Waals surface area contributed by atoms with E-state index >= 15 is 0 Å². The SMILES string of the molecule is CC1CCCN(CC(O)c2cccc(C(F)(F)F)c2)C1C. The molecule has 0 aliphatic carbocycles. The summed E-state index contributed by atoms with van der Waals surface area (Å²) in [6.45, 7) is 5.56. The van der Waals surface area contributed by atoms with Gasteiger partial charge in [-0.05, 0) is 49.9 Å². The predicted molar refractivity (Wildman–Crippen MR) is 75.8 cm³/mol. The molecule has 0 aromatic heterocycles. The summed E-state index contributed by atoms with van der Waals surface area (Å²) in [5.74, 6) is 0.549. The highest BCUT2D eigenvalue weighted by Crippen LogP contribution is 2.31. The van der Waals surface area contributed by atoms with Gasteiger partial charge in [0.05, 0.1) is 11.7 Å². The molecular formula is C16H22F3NO. The Morgan fingerprint density at radius 2 is 2.05 bits per heavy atom. The summed E-state index contributed by atoms with van der Waals surface area (Å²) in [5, 5.41) is 10.3. The van der Waals surface area contributed by atoms with Crippen LogP contribution in [0.4, 0.5) is 13.2 Å². The number of nitrogens with zero attached hydrogens (tertiary/aromatic N) is 1. The summed E-state index contributed by atoms with van der Waals surface area (Å²) in [5.41, 5.74) is -0.380. The van der Waals surface area contributed by atoms with Crippen LogP contribution < -0.4 is 0 Å². The number of benzene rings is 1. The third kappa shape index (κ3) is 3.98. The van der Waals surface area contributed by atoms with E-state index in [1.54, 1.807) is 6.07 Å². The van der Waals surface area contributed by atoms with E-state index in [9.17, 15) is 18.3 Å². The second-order valence-corrected chi connectivity index (χ2v) is 5.99. The van der Waals surface area contributed by atoms with Crippen molar-refractivity contribution in [2.24, 2.45) is 5.92 Å². The lowest BCUT2D eigenvalue weighted by Gasteiger charge is -2.39.